The summed E-state index contributed by atoms with van der Waals surface area (Å²) in [5.74, 6) is 0.969. The van der Waals surface area contributed by atoms with Crippen LogP contribution in [0.5, 0.6) is 0 Å². The zero-order valence-electron chi connectivity index (χ0n) is 10.5. The van der Waals surface area contributed by atoms with E-state index in [4.69, 9.17) is 0 Å². The van der Waals surface area contributed by atoms with E-state index in [1.807, 2.05) is 43.3 Å². The fraction of sp³-hybridized carbons (Fsp3) is 0.0625. The maximum atomic E-state index is 4.54. The highest BCUT2D eigenvalue weighted by Gasteiger charge is 2.15. The quantitative estimate of drug-likeness (QED) is 0.675. The molecule has 3 aromatic rings. The molecule has 1 aromatic heterocycles. The second kappa shape index (κ2) is 5.02. The first-order valence-corrected chi connectivity index (χ1v) is 6.92. The summed E-state index contributed by atoms with van der Waals surface area (Å²) < 4.78 is 3.04. The molecule has 3 heteroatoms. The fourth-order valence-corrected chi connectivity index (χ4v) is 2.90. The second-order valence-corrected chi connectivity index (χ2v) is 5.09. The molecular weight excluding hydrogens is 300 g/mol. The van der Waals surface area contributed by atoms with Crippen LogP contribution in [-0.2, 0) is 0 Å². The lowest BCUT2D eigenvalue weighted by atomic mass is 10.1. The summed E-state index contributed by atoms with van der Waals surface area (Å²) in [6.45, 7) is 2.02. The van der Waals surface area contributed by atoms with Crippen LogP contribution in [0.4, 0.5) is 0 Å². The van der Waals surface area contributed by atoms with E-state index < -0.39 is 0 Å². The number of imidazole rings is 1. The van der Waals surface area contributed by atoms with Crippen LogP contribution in [0.1, 0.15) is 5.82 Å². The van der Waals surface area contributed by atoms with Crippen LogP contribution in [0.3, 0.4) is 0 Å². The molecule has 2 aromatic carbocycles. The molecule has 0 radical (unpaired) electrons. The van der Waals surface area contributed by atoms with Crippen molar-refractivity contribution >= 4 is 15.9 Å². The largest absolute Gasteiger partial charge is 0.295 e. The average Bonchev–Trinajstić information content (AvgIpc) is 2.75. The second-order valence-electron chi connectivity index (χ2n) is 4.34. The maximum Gasteiger partial charge on any atom is 0.132 e. The van der Waals surface area contributed by atoms with Crippen LogP contribution in [0.15, 0.2) is 65.3 Å². The molecule has 0 fully saturated rings. The topological polar surface area (TPSA) is 17.8 Å². The van der Waals surface area contributed by atoms with E-state index in [-0.39, 0.29) is 0 Å². The van der Waals surface area contributed by atoms with Gasteiger partial charge in [0.2, 0.25) is 0 Å². The first kappa shape index (κ1) is 12.2. The summed E-state index contributed by atoms with van der Waals surface area (Å²) in [5.41, 5.74) is 3.36. The fourth-order valence-electron chi connectivity index (χ4n) is 2.24. The van der Waals surface area contributed by atoms with E-state index in [2.05, 4.69) is 49.7 Å². The van der Waals surface area contributed by atoms with Gasteiger partial charge in [-0.25, -0.2) is 4.98 Å². The van der Waals surface area contributed by atoms with Gasteiger partial charge in [0.1, 0.15) is 10.4 Å². The van der Waals surface area contributed by atoms with Gasteiger partial charge in [0.15, 0.2) is 0 Å². The Hall–Kier alpha value is -1.87. The predicted molar refractivity (Wildman–Crippen MR) is 81.4 cm³/mol. The van der Waals surface area contributed by atoms with Crippen molar-refractivity contribution in [1.29, 1.82) is 0 Å². The molecule has 19 heavy (non-hydrogen) atoms. The Labute approximate surface area is 120 Å². The molecule has 3 rings (SSSR count). The number of aryl methyl sites for hydroxylation is 1. The number of aromatic nitrogens is 2. The average molecular weight is 313 g/mol. The number of para-hydroxylation sites is 1. The zero-order chi connectivity index (χ0) is 13.2. The van der Waals surface area contributed by atoms with E-state index in [1.54, 1.807) is 0 Å². The Morgan fingerprint density at radius 3 is 2.11 bits per heavy atom. The van der Waals surface area contributed by atoms with Gasteiger partial charge in [0, 0.05) is 11.3 Å². The molecule has 0 atom stereocenters. The lowest BCUT2D eigenvalue weighted by molar-refractivity contribution is 0.980. The van der Waals surface area contributed by atoms with Gasteiger partial charge in [-0.1, -0.05) is 48.5 Å². The highest BCUT2D eigenvalue weighted by atomic mass is 79.9. The van der Waals surface area contributed by atoms with Gasteiger partial charge in [0.25, 0.3) is 0 Å². The van der Waals surface area contributed by atoms with E-state index in [9.17, 15) is 0 Å². The molecule has 0 bridgehead atoms. The normalized spacial score (nSPS) is 10.6. The first-order chi connectivity index (χ1) is 9.27. The van der Waals surface area contributed by atoms with Crippen LogP contribution in [0.25, 0.3) is 16.9 Å². The summed E-state index contributed by atoms with van der Waals surface area (Å²) >= 11 is 3.57. The highest BCUT2D eigenvalue weighted by molar-refractivity contribution is 9.10. The lowest BCUT2D eigenvalue weighted by Gasteiger charge is -2.10. The lowest BCUT2D eigenvalue weighted by Crippen LogP contribution is -1.99. The molecule has 94 valence electrons. The van der Waals surface area contributed by atoms with Gasteiger partial charge >= 0.3 is 0 Å². The number of rotatable bonds is 2. The van der Waals surface area contributed by atoms with Crippen LogP contribution >= 0.6 is 15.9 Å². The van der Waals surface area contributed by atoms with Crippen LogP contribution in [0.2, 0.25) is 0 Å². The molecule has 0 saturated carbocycles. The van der Waals surface area contributed by atoms with Crippen LogP contribution in [-0.4, -0.2) is 9.55 Å². The van der Waals surface area contributed by atoms with E-state index in [0.29, 0.717) is 0 Å². The minimum absolute atomic E-state index is 0.875. The summed E-state index contributed by atoms with van der Waals surface area (Å²) in [5, 5.41) is 0. The standard InChI is InChI=1S/C16H13BrN2/c1-12-18-16(17)15(13-8-4-2-5-9-13)19(12)14-10-6-3-7-11-14/h2-11H,1H3. The summed E-state index contributed by atoms with van der Waals surface area (Å²) in [6.07, 6.45) is 0. The van der Waals surface area contributed by atoms with Crippen molar-refractivity contribution in [3.63, 3.8) is 0 Å². The number of hydrogen-bond donors (Lipinski definition) is 0. The van der Waals surface area contributed by atoms with Crippen molar-refractivity contribution in [3.05, 3.63) is 71.1 Å². The molecule has 0 amide bonds. The van der Waals surface area contributed by atoms with Gasteiger partial charge in [-0.15, -0.1) is 0 Å². The van der Waals surface area contributed by atoms with Crippen LogP contribution < -0.4 is 0 Å². The molecule has 0 unspecified atom stereocenters. The predicted octanol–water partition coefficient (Wildman–Crippen LogP) is 4.61. The monoisotopic (exact) mass is 312 g/mol. The van der Waals surface area contributed by atoms with Crippen molar-refractivity contribution < 1.29 is 0 Å². The molecule has 1 heterocycles. The van der Waals surface area contributed by atoms with Crippen molar-refractivity contribution in [1.82, 2.24) is 9.55 Å². The molecule has 0 N–H and O–H groups in total. The van der Waals surface area contributed by atoms with Crippen LogP contribution in [0, 0.1) is 6.92 Å². The van der Waals surface area contributed by atoms with Crippen molar-refractivity contribution in [2.75, 3.05) is 0 Å². The molecule has 0 aliphatic carbocycles. The van der Waals surface area contributed by atoms with Gasteiger partial charge in [-0.05, 0) is 35.0 Å². The van der Waals surface area contributed by atoms with Gasteiger partial charge in [-0.2, -0.15) is 0 Å². The van der Waals surface area contributed by atoms with Gasteiger partial charge in [0.05, 0.1) is 5.69 Å². The number of halogens is 1. The smallest absolute Gasteiger partial charge is 0.132 e. The molecule has 0 saturated heterocycles. The third-order valence-electron chi connectivity index (χ3n) is 3.06. The van der Waals surface area contributed by atoms with Crippen molar-refractivity contribution in [3.8, 4) is 16.9 Å². The minimum atomic E-state index is 0.875. The third kappa shape index (κ3) is 2.22. The Bertz CT molecular complexity index is 628. The zero-order valence-corrected chi connectivity index (χ0v) is 12.1. The Balaban J connectivity index is 2.26. The highest BCUT2D eigenvalue weighted by Crippen LogP contribution is 2.31. The van der Waals surface area contributed by atoms with E-state index in [0.717, 1.165) is 27.4 Å². The van der Waals surface area contributed by atoms with E-state index >= 15 is 0 Å². The van der Waals surface area contributed by atoms with Gasteiger partial charge < -0.3 is 0 Å². The molecule has 0 aliphatic rings. The summed E-state index contributed by atoms with van der Waals surface area (Å²) in [7, 11) is 0. The molecule has 2 nitrogen and oxygen atoms in total. The van der Waals surface area contributed by atoms with Crippen molar-refractivity contribution in [2.45, 2.75) is 6.92 Å². The number of nitrogens with zero attached hydrogens (tertiary/aromatic N) is 2. The minimum Gasteiger partial charge on any atom is -0.295 e. The Kier molecular flexibility index (Phi) is 3.22. The Morgan fingerprint density at radius 2 is 1.47 bits per heavy atom. The molecular formula is C16H13BrN2. The number of hydrogen-bond acceptors (Lipinski definition) is 1. The van der Waals surface area contributed by atoms with Crippen molar-refractivity contribution in [2.24, 2.45) is 0 Å². The number of benzene rings is 2. The molecule has 0 aliphatic heterocycles. The molecule has 0 spiro atoms. The first-order valence-electron chi connectivity index (χ1n) is 6.13. The Morgan fingerprint density at radius 1 is 0.895 bits per heavy atom. The van der Waals surface area contributed by atoms with Gasteiger partial charge in [-0.3, -0.25) is 4.57 Å². The SMILES string of the molecule is Cc1nc(Br)c(-c2ccccc2)n1-c1ccccc1. The maximum absolute atomic E-state index is 4.54. The third-order valence-corrected chi connectivity index (χ3v) is 3.62. The summed E-state index contributed by atoms with van der Waals surface area (Å²) in [4.78, 5) is 4.54. The van der Waals surface area contributed by atoms with E-state index in [1.165, 1.54) is 0 Å². The summed E-state index contributed by atoms with van der Waals surface area (Å²) in [6, 6.07) is 20.6.